The third-order valence-electron chi connectivity index (χ3n) is 4.41. The fourth-order valence-corrected chi connectivity index (χ4v) is 3.68. The maximum absolute atomic E-state index is 12.6. The first-order chi connectivity index (χ1) is 12.6. The van der Waals surface area contributed by atoms with Crippen LogP contribution in [-0.2, 0) is 6.54 Å². The third-order valence-corrected chi connectivity index (χ3v) is 5.30. The molecule has 0 spiro atoms. The summed E-state index contributed by atoms with van der Waals surface area (Å²) in [5, 5.41) is 2.98. The second-order valence-electron chi connectivity index (χ2n) is 6.09. The Morgan fingerprint density at radius 1 is 1.19 bits per heavy atom. The molecule has 1 fully saturated rings. The lowest BCUT2D eigenvalue weighted by molar-refractivity contribution is 0.0949. The number of halogens is 1. The fourth-order valence-electron chi connectivity index (χ4n) is 3.00. The second-order valence-corrected chi connectivity index (χ2v) is 7.25. The number of hydrogen-bond donors (Lipinski definition) is 1. The molecule has 3 rings (SSSR count). The van der Waals surface area contributed by atoms with Crippen LogP contribution in [-0.4, -0.2) is 38.2 Å². The minimum absolute atomic E-state index is 0.144. The molecule has 0 saturated carbocycles. The summed E-state index contributed by atoms with van der Waals surface area (Å²) < 4.78 is 11.4. The lowest BCUT2D eigenvalue weighted by Crippen LogP contribution is -2.24. The standard InChI is InChI=1S/C19H22IN3O3/c1-25-16-10-14(15(20)11-17(16)26-2)19(24)22-12-13-5-6-21-18(9-13)23-7-3-4-8-23/h5-6,9-11H,3-4,7-8,12H2,1-2H3,(H,22,24). The van der Waals surface area contributed by atoms with Crippen molar-refractivity contribution in [1.82, 2.24) is 10.3 Å². The number of carbonyl (C=O) groups excluding carboxylic acids is 1. The Morgan fingerprint density at radius 2 is 1.88 bits per heavy atom. The highest BCUT2D eigenvalue weighted by Crippen LogP contribution is 2.31. The van der Waals surface area contributed by atoms with Gasteiger partial charge in [-0.25, -0.2) is 4.98 Å². The van der Waals surface area contributed by atoms with Crippen molar-refractivity contribution in [2.75, 3.05) is 32.2 Å². The number of benzene rings is 1. The van der Waals surface area contributed by atoms with Crippen LogP contribution in [0.5, 0.6) is 11.5 Å². The Bertz CT molecular complexity index is 792. The minimum Gasteiger partial charge on any atom is -0.493 e. The van der Waals surface area contributed by atoms with Crippen LogP contribution < -0.4 is 19.7 Å². The third kappa shape index (κ3) is 4.20. The molecule has 1 aromatic carbocycles. The summed E-state index contributed by atoms with van der Waals surface area (Å²) in [5.74, 6) is 1.99. The van der Waals surface area contributed by atoms with Crippen molar-refractivity contribution in [3.05, 3.63) is 45.2 Å². The van der Waals surface area contributed by atoms with Gasteiger partial charge in [0, 0.05) is 29.4 Å². The molecule has 1 saturated heterocycles. The van der Waals surface area contributed by atoms with Gasteiger partial charge in [0.05, 0.1) is 19.8 Å². The van der Waals surface area contributed by atoms with Gasteiger partial charge in [-0.15, -0.1) is 0 Å². The molecule has 1 amide bonds. The van der Waals surface area contributed by atoms with E-state index in [1.807, 2.05) is 12.1 Å². The molecular weight excluding hydrogens is 445 g/mol. The Labute approximate surface area is 167 Å². The molecule has 1 aliphatic rings. The predicted octanol–water partition coefficient (Wildman–Crippen LogP) is 3.23. The summed E-state index contributed by atoms with van der Waals surface area (Å²) >= 11 is 2.13. The fraction of sp³-hybridized carbons (Fsp3) is 0.368. The molecule has 0 unspecified atom stereocenters. The number of methoxy groups -OCH3 is 2. The monoisotopic (exact) mass is 467 g/mol. The van der Waals surface area contributed by atoms with Crippen LogP contribution in [0.2, 0.25) is 0 Å². The SMILES string of the molecule is COc1cc(I)c(C(=O)NCc2ccnc(N3CCCC3)c2)cc1OC. The Balaban J connectivity index is 1.70. The second kappa shape index (κ2) is 8.57. The minimum atomic E-state index is -0.144. The zero-order valence-electron chi connectivity index (χ0n) is 14.9. The first-order valence-corrected chi connectivity index (χ1v) is 9.60. The van der Waals surface area contributed by atoms with Crippen molar-refractivity contribution >= 4 is 34.3 Å². The molecule has 2 aromatic rings. The Morgan fingerprint density at radius 3 is 2.58 bits per heavy atom. The molecule has 0 aliphatic carbocycles. The highest BCUT2D eigenvalue weighted by atomic mass is 127. The zero-order valence-corrected chi connectivity index (χ0v) is 17.1. The maximum Gasteiger partial charge on any atom is 0.252 e. The molecule has 26 heavy (non-hydrogen) atoms. The van der Waals surface area contributed by atoms with Crippen molar-refractivity contribution in [2.24, 2.45) is 0 Å². The summed E-state index contributed by atoms with van der Waals surface area (Å²) in [5.41, 5.74) is 1.60. The molecule has 0 atom stereocenters. The van der Waals surface area contributed by atoms with E-state index in [1.54, 1.807) is 32.5 Å². The van der Waals surface area contributed by atoms with Crippen LogP contribution in [0.4, 0.5) is 5.82 Å². The van der Waals surface area contributed by atoms with E-state index in [0.717, 1.165) is 28.0 Å². The highest BCUT2D eigenvalue weighted by molar-refractivity contribution is 14.1. The van der Waals surface area contributed by atoms with Crippen molar-refractivity contribution in [2.45, 2.75) is 19.4 Å². The largest absolute Gasteiger partial charge is 0.493 e. The Kier molecular flexibility index (Phi) is 6.18. The summed E-state index contributed by atoms with van der Waals surface area (Å²) in [6.45, 7) is 2.55. The van der Waals surface area contributed by atoms with E-state index >= 15 is 0 Å². The number of anilines is 1. The van der Waals surface area contributed by atoms with Gasteiger partial charge in [0.1, 0.15) is 5.82 Å². The van der Waals surface area contributed by atoms with Crippen molar-refractivity contribution in [3.8, 4) is 11.5 Å². The molecule has 2 heterocycles. The number of nitrogens with zero attached hydrogens (tertiary/aromatic N) is 2. The van der Waals surface area contributed by atoms with E-state index in [9.17, 15) is 4.79 Å². The van der Waals surface area contributed by atoms with Crippen molar-refractivity contribution in [3.63, 3.8) is 0 Å². The summed E-state index contributed by atoms with van der Waals surface area (Å²) in [4.78, 5) is 19.3. The molecule has 1 aromatic heterocycles. The van der Waals surface area contributed by atoms with Crippen LogP contribution in [0, 0.1) is 3.57 Å². The molecular formula is C19H22IN3O3. The normalized spacial score (nSPS) is 13.6. The molecule has 0 radical (unpaired) electrons. The van der Waals surface area contributed by atoms with E-state index in [4.69, 9.17) is 9.47 Å². The van der Waals surface area contributed by atoms with E-state index in [1.165, 1.54) is 12.8 Å². The van der Waals surface area contributed by atoms with Crippen LogP contribution in [0.25, 0.3) is 0 Å². The molecule has 0 bridgehead atoms. The topological polar surface area (TPSA) is 63.7 Å². The number of rotatable bonds is 6. The summed E-state index contributed by atoms with van der Waals surface area (Å²) in [6, 6.07) is 7.48. The number of ether oxygens (including phenoxy) is 2. The zero-order chi connectivity index (χ0) is 18.5. The lowest BCUT2D eigenvalue weighted by atomic mass is 10.1. The molecule has 138 valence electrons. The van der Waals surface area contributed by atoms with Gasteiger partial charge in [0.2, 0.25) is 0 Å². The van der Waals surface area contributed by atoms with E-state index < -0.39 is 0 Å². The molecule has 1 aliphatic heterocycles. The van der Waals surface area contributed by atoms with Crippen molar-refractivity contribution in [1.29, 1.82) is 0 Å². The van der Waals surface area contributed by atoms with Gasteiger partial charge < -0.3 is 19.7 Å². The number of aromatic nitrogens is 1. The van der Waals surface area contributed by atoms with Gasteiger partial charge in [-0.05, 0) is 65.3 Å². The van der Waals surface area contributed by atoms with Gasteiger partial charge in [-0.2, -0.15) is 0 Å². The number of hydrogen-bond acceptors (Lipinski definition) is 5. The average molecular weight is 467 g/mol. The number of pyridine rings is 1. The number of carbonyl (C=O) groups is 1. The van der Waals surface area contributed by atoms with Crippen LogP contribution in [0.3, 0.4) is 0 Å². The van der Waals surface area contributed by atoms with E-state index in [-0.39, 0.29) is 5.91 Å². The predicted molar refractivity (Wildman–Crippen MR) is 109 cm³/mol. The van der Waals surface area contributed by atoms with E-state index in [0.29, 0.717) is 23.6 Å². The average Bonchev–Trinajstić information content (AvgIpc) is 3.21. The maximum atomic E-state index is 12.6. The van der Waals surface area contributed by atoms with Gasteiger partial charge in [0.15, 0.2) is 11.5 Å². The molecule has 1 N–H and O–H groups in total. The van der Waals surface area contributed by atoms with Gasteiger partial charge >= 0.3 is 0 Å². The van der Waals surface area contributed by atoms with Crippen LogP contribution >= 0.6 is 22.6 Å². The first kappa shape index (κ1) is 18.8. The quantitative estimate of drug-likeness (QED) is 0.662. The highest BCUT2D eigenvalue weighted by Gasteiger charge is 2.16. The number of nitrogens with one attached hydrogen (secondary N) is 1. The van der Waals surface area contributed by atoms with Gasteiger partial charge in [-0.3, -0.25) is 4.79 Å². The summed E-state index contributed by atoms with van der Waals surface area (Å²) in [6.07, 6.45) is 4.22. The van der Waals surface area contributed by atoms with Crippen molar-refractivity contribution < 1.29 is 14.3 Å². The Hall–Kier alpha value is -2.03. The van der Waals surface area contributed by atoms with Gasteiger partial charge in [-0.1, -0.05) is 0 Å². The smallest absolute Gasteiger partial charge is 0.252 e. The molecule has 6 nitrogen and oxygen atoms in total. The van der Waals surface area contributed by atoms with E-state index in [2.05, 4.69) is 37.8 Å². The van der Waals surface area contributed by atoms with Gasteiger partial charge in [0.25, 0.3) is 5.91 Å². The van der Waals surface area contributed by atoms with Crippen LogP contribution in [0.1, 0.15) is 28.8 Å². The molecule has 7 heteroatoms. The number of amides is 1. The van der Waals surface area contributed by atoms with Crippen LogP contribution in [0.15, 0.2) is 30.5 Å². The summed E-state index contributed by atoms with van der Waals surface area (Å²) in [7, 11) is 3.14. The first-order valence-electron chi connectivity index (χ1n) is 8.52. The lowest BCUT2D eigenvalue weighted by Gasteiger charge is -2.17.